The molecule has 0 aliphatic rings. The zero-order valence-corrected chi connectivity index (χ0v) is 9.28. The highest BCUT2D eigenvalue weighted by atomic mass is 16.5. The van der Waals surface area contributed by atoms with E-state index >= 15 is 0 Å². The van der Waals surface area contributed by atoms with Gasteiger partial charge in [-0.15, -0.1) is 0 Å². The number of benzene rings is 1. The van der Waals surface area contributed by atoms with Crippen molar-refractivity contribution in [2.75, 3.05) is 0 Å². The SMILES string of the molecule is NC(Cc1ccc(O)cc1)c1nc(C(=O)O)no1. The summed E-state index contributed by atoms with van der Waals surface area (Å²) in [5, 5.41) is 21.1. The zero-order chi connectivity index (χ0) is 13.1. The molecule has 7 nitrogen and oxygen atoms in total. The van der Waals surface area contributed by atoms with E-state index in [1.54, 1.807) is 24.3 Å². The molecule has 0 saturated carbocycles. The van der Waals surface area contributed by atoms with Crippen LogP contribution in [0.25, 0.3) is 0 Å². The predicted octanol–water partition coefficient (Wildman–Crippen LogP) is 0.716. The first kappa shape index (κ1) is 12.1. The first-order valence-electron chi connectivity index (χ1n) is 5.16. The van der Waals surface area contributed by atoms with Crippen LogP contribution < -0.4 is 5.73 Å². The number of hydrogen-bond acceptors (Lipinski definition) is 6. The second kappa shape index (κ2) is 4.84. The van der Waals surface area contributed by atoms with Crippen LogP contribution in [-0.4, -0.2) is 26.3 Å². The molecule has 2 rings (SSSR count). The highest BCUT2D eigenvalue weighted by molar-refractivity contribution is 5.82. The van der Waals surface area contributed by atoms with E-state index in [1.807, 2.05) is 0 Å². The van der Waals surface area contributed by atoms with Crippen molar-refractivity contribution in [3.05, 3.63) is 41.5 Å². The van der Waals surface area contributed by atoms with E-state index in [1.165, 1.54) is 0 Å². The number of hydrogen-bond donors (Lipinski definition) is 3. The summed E-state index contributed by atoms with van der Waals surface area (Å²) in [4.78, 5) is 14.3. The zero-order valence-electron chi connectivity index (χ0n) is 9.28. The first-order chi connectivity index (χ1) is 8.56. The van der Waals surface area contributed by atoms with Crippen LogP contribution in [-0.2, 0) is 6.42 Å². The number of aromatic nitrogens is 2. The molecule has 0 bridgehead atoms. The van der Waals surface area contributed by atoms with Crippen molar-refractivity contribution < 1.29 is 19.5 Å². The fourth-order valence-corrected chi connectivity index (χ4v) is 1.45. The Morgan fingerprint density at radius 1 is 1.39 bits per heavy atom. The molecular formula is C11H11N3O4. The molecule has 1 aromatic heterocycles. The molecule has 94 valence electrons. The summed E-state index contributed by atoms with van der Waals surface area (Å²) in [6.45, 7) is 0. The van der Waals surface area contributed by atoms with E-state index in [0.29, 0.717) is 6.42 Å². The fraction of sp³-hybridized carbons (Fsp3) is 0.182. The van der Waals surface area contributed by atoms with Gasteiger partial charge in [0.25, 0.3) is 5.82 Å². The van der Waals surface area contributed by atoms with Crippen molar-refractivity contribution in [3.63, 3.8) is 0 Å². The minimum Gasteiger partial charge on any atom is -0.508 e. The van der Waals surface area contributed by atoms with Crippen LogP contribution in [0.1, 0.15) is 28.1 Å². The van der Waals surface area contributed by atoms with Gasteiger partial charge in [0.15, 0.2) is 0 Å². The number of phenolic OH excluding ortho intramolecular Hbond substituents is 1. The van der Waals surface area contributed by atoms with Gasteiger partial charge in [-0.25, -0.2) is 4.79 Å². The van der Waals surface area contributed by atoms with Crippen LogP contribution in [0.4, 0.5) is 0 Å². The van der Waals surface area contributed by atoms with E-state index < -0.39 is 17.8 Å². The van der Waals surface area contributed by atoms with Gasteiger partial charge in [-0.3, -0.25) is 0 Å². The first-order valence-corrected chi connectivity index (χ1v) is 5.16. The number of carboxylic acid groups (broad SMARTS) is 1. The number of aromatic carboxylic acids is 1. The number of aromatic hydroxyl groups is 1. The largest absolute Gasteiger partial charge is 0.508 e. The topological polar surface area (TPSA) is 122 Å². The molecule has 1 heterocycles. The smallest absolute Gasteiger partial charge is 0.377 e. The van der Waals surface area contributed by atoms with Crippen LogP contribution >= 0.6 is 0 Å². The van der Waals surface area contributed by atoms with Gasteiger partial charge in [0, 0.05) is 0 Å². The number of carbonyl (C=O) groups is 1. The van der Waals surface area contributed by atoms with Gasteiger partial charge in [-0.1, -0.05) is 12.1 Å². The molecule has 0 amide bonds. The summed E-state index contributed by atoms with van der Waals surface area (Å²) in [6, 6.07) is 5.92. The normalized spacial score (nSPS) is 12.3. The number of rotatable bonds is 4. The third-order valence-electron chi connectivity index (χ3n) is 2.34. The standard InChI is InChI=1S/C11H11N3O4/c12-8(5-6-1-3-7(15)4-2-6)10-13-9(11(16)17)14-18-10/h1-4,8,15H,5,12H2,(H,16,17). The van der Waals surface area contributed by atoms with Crippen molar-refractivity contribution in [2.45, 2.75) is 12.5 Å². The molecule has 1 unspecified atom stereocenters. The van der Waals surface area contributed by atoms with Crippen LogP contribution in [0, 0.1) is 0 Å². The summed E-state index contributed by atoms with van der Waals surface area (Å²) in [7, 11) is 0. The lowest BCUT2D eigenvalue weighted by atomic mass is 10.1. The molecule has 0 aliphatic heterocycles. The van der Waals surface area contributed by atoms with E-state index in [-0.39, 0.29) is 11.6 Å². The van der Waals surface area contributed by atoms with Crippen molar-refractivity contribution in [1.82, 2.24) is 10.1 Å². The average Bonchev–Trinajstić information content (AvgIpc) is 2.81. The van der Waals surface area contributed by atoms with Gasteiger partial charge in [-0.05, 0) is 29.3 Å². The Bertz CT molecular complexity index is 550. The Hall–Kier alpha value is -2.41. The predicted molar refractivity (Wildman–Crippen MR) is 60.0 cm³/mol. The van der Waals surface area contributed by atoms with E-state index in [2.05, 4.69) is 10.1 Å². The lowest BCUT2D eigenvalue weighted by Gasteiger charge is -2.06. The van der Waals surface area contributed by atoms with Gasteiger partial charge < -0.3 is 20.5 Å². The molecule has 1 aromatic carbocycles. The summed E-state index contributed by atoms with van der Waals surface area (Å²) < 4.78 is 4.77. The highest BCUT2D eigenvalue weighted by Gasteiger charge is 2.18. The summed E-state index contributed by atoms with van der Waals surface area (Å²) >= 11 is 0. The minimum absolute atomic E-state index is 0.0699. The Kier molecular flexibility index (Phi) is 3.24. The quantitative estimate of drug-likeness (QED) is 0.729. The third kappa shape index (κ3) is 2.64. The maximum Gasteiger partial charge on any atom is 0.377 e. The summed E-state index contributed by atoms with van der Waals surface area (Å²) in [6.07, 6.45) is 0.404. The molecule has 4 N–H and O–H groups in total. The minimum atomic E-state index is -1.26. The molecular weight excluding hydrogens is 238 g/mol. The number of nitrogens with two attached hydrogens (primary N) is 1. The second-order valence-electron chi connectivity index (χ2n) is 3.74. The number of nitrogens with zero attached hydrogens (tertiary/aromatic N) is 2. The van der Waals surface area contributed by atoms with Crippen molar-refractivity contribution in [1.29, 1.82) is 0 Å². The molecule has 0 saturated heterocycles. The van der Waals surface area contributed by atoms with Gasteiger partial charge in [0.05, 0.1) is 6.04 Å². The van der Waals surface area contributed by atoms with E-state index in [0.717, 1.165) is 5.56 Å². The monoisotopic (exact) mass is 249 g/mol. The maximum atomic E-state index is 10.6. The Balaban J connectivity index is 2.09. The second-order valence-corrected chi connectivity index (χ2v) is 3.74. The lowest BCUT2D eigenvalue weighted by molar-refractivity contribution is 0.0680. The Morgan fingerprint density at radius 3 is 2.61 bits per heavy atom. The molecule has 0 spiro atoms. The molecule has 18 heavy (non-hydrogen) atoms. The Morgan fingerprint density at radius 2 is 2.06 bits per heavy atom. The summed E-state index contributed by atoms with van der Waals surface area (Å²) in [5.74, 6) is -1.44. The van der Waals surface area contributed by atoms with Crippen LogP contribution in [0.15, 0.2) is 28.8 Å². The molecule has 0 fully saturated rings. The average molecular weight is 249 g/mol. The maximum absolute atomic E-state index is 10.6. The number of carboxylic acids is 1. The Labute approximate surface area is 102 Å². The van der Waals surface area contributed by atoms with Crippen LogP contribution in [0.2, 0.25) is 0 Å². The van der Waals surface area contributed by atoms with Crippen LogP contribution in [0.5, 0.6) is 5.75 Å². The van der Waals surface area contributed by atoms with E-state index in [9.17, 15) is 4.79 Å². The molecule has 2 aromatic rings. The van der Waals surface area contributed by atoms with Crippen molar-refractivity contribution in [2.24, 2.45) is 5.73 Å². The molecule has 0 aliphatic carbocycles. The molecule has 0 radical (unpaired) electrons. The highest BCUT2D eigenvalue weighted by Crippen LogP contribution is 2.16. The van der Waals surface area contributed by atoms with Crippen LogP contribution in [0.3, 0.4) is 0 Å². The lowest BCUT2D eigenvalue weighted by Crippen LogP contribution is -2.14. The number of phenols is 1. The molecule has 1 atom stereocenters. The van der Waals surface area contributed by atoms with Crippen molar-refractivity contribution in [3.8, 4) is 5.75 Å². The molecule has 7 heteroatoms. The van der Waals surface area contributed by atoms with Gasteiger partial charge in [0.1, 0.15) is 5.75 Å². The van der Waals surface area contributed by atoms with Crippen molar-refractivity contribution >= 4 is 5.97 Å². The van der Waals surface area contributed by atoms with Gasteiger partial charge in [0.2, 0.25) is 5.89 Å². The summed E-state index contributed by atoms with van der Waals surface area (Å²) in [5.41, 5.74) is 6.70. The third-order valence-corrected chi connectivity index (χ3v) is 2.34. The fourth-order valence-electron chi connectivity index (χ4n) is 1.45. The van der Waals surface area contributed by atoms with Gasteiger partial charge in [-0.2, -0.15) is 4.98 Å². The van der Waals surface area contributed by atoms with Gasteiger partial charge >= 0.3 is 5.97 Å². The van der Waals surface area contributed by atoms with E-state index in [4.69, 9.17) is 20.5 Å².